The second kappa shape index (κ2) is 3.97. The van der Waals surface area contributed by atoms with Gasteiger partial charge in [-0.1, -0.05) is 17.7 Å². The highest BCUT2D eigenvalue weighted by Crippen LogP contribution is 2.16. The topological polar surface area (TPSA) is 69.4 Å². The Labute approximate surface area is 92.8 Å². The number of rotatable bonds is 3. The molecule has 0 saturated carbocycles. The standard InChI is InChI=1S/C10H9NO4S/c1-8-2-4-9(5-3-8)16(12,13)15-10-11-6-7-14-10/h2-7H,1H3. The van der Waals surface area contributed by atoms with Gasteiger partial charge in [0, 0.05) is 0 Å². The van der Waals surface area contributed by atoms with Crippen molar-refractivity contribution in [2.75, 3.05) is 0 Å². The van der Waals surface area contributed by atoms with E-state index in [9.17, 15) is 8.42 Å². The van der Waals surface area contributed by atoms with E-state index in [1.165, 1.54) is 24.6 Å². The number of oxazole rings is 1. The average molecular weight is 239 g/mol. The van der Waals surface area contributed by atoms with Crippen LogP contribution in [0.5, 0.6) is 6.08 Å². The minimum atomic E-state index is -3.86. The van der Waals surface area contributed by atoms with Crippen molar-refractivity contribution >= 4 is 10.1 Å². The Morgan fingerprint density at radius 3 is 2.50 bits per heavy atom. The third-order valence-electron chi connectivity index (χ3n) is 1.90. The predicted octanol–water partition coefficient (Wildman–Crippen LogP) is 1.75. The van der Waals surface area contributed by atoms with Gasteiger partial charge in [0.15, 0.2) is 0 Å². The molecule has 1 aromatic carbocycles. The lowest BCUT2D eigenvalue weighted by molar-refractivity contribution is 0.368. The number of aromatic nitrogens is 1. The van der Waals surface area contributed by atoms with E-state index in [-0.39, 0.29) is 11.0 Å². The van der Waals surface area contributed by atoms with Crippen LogP contribution in [0, 0.1) is 6.92 Å². The SMILES string of the molecule is Cc1ccc(S(=O)(=O)Oc2ncco2)cc1. The van der Waals surface area contributed by atoms with Crippen LogP contribution >= 0.6 is 0 Å². The Morgan fingerprint density at radius 1 is 1.25 bits per heavy atom. The van der Waals surface area contributed by atoms with Crippen molar-refractivity contribution in [3.8, 4) is 6.08 Å². The molecule has 0 fully saturated rings. The smallest absolute Gasteiger partial charge is 0.409 e. The van der Waals surface area contributed by atoms with Crippen LogP contribution in [0.2, 0.25) is 0 Å². The first-order valence-electron chi connectivity index (χ1n) is 4.48. The van der Waals surface area contributed by atoms with E-state index in [1.807, 2.05) is 6.92 Å². The van der Waals surface area contributed by atoms with Crippen molar-refractivity contribution in [2.24, 2.45) is 0 Å². The molecule has 0 amide bonds. The largest absolute Gasteiger partial charge is 0.417 e. The van der Waals surface area contributed by atoms with Crippen molar-refractivity contribution in [1.82, 2.24) is 4.98 Å². The van der Waals surface area contributed by atoms with Gasteiger partial charge in [-0.2, -0.15) is 13.4 Å². The van der Waals surface area contributed by atoms with E-state index in [0.29, 0.717) is 0 Å². The van der Waals surface area contributed by atoms with Crippen molar-refractivity contribution < 1.29 is 17.0 Å². The molecule has 0 spiro atoms. The molecule has 0 saturated heterocycles. The minimum absolute atomic E-state index is 0.0660. The summed E-state index contributed by atoms with van der Waals surface area (Å²) in [7, 11) is -3.86. The summed E-state index contributed by atoms with van der Waals surface area (Å²) in [5, 5.41) is 0. The fourth-order valence-electron chi connectivity index (χ4n) is 1.10. The summed E-state index contributed by atoms with van der Waals surface area (Å²) >= 11 is 0. The molecule has 84 valence electrons. The van der Waals surface area contributed by atoms with E-state index in [0.717, 1.165) is 5.56 Å². The number of benzene rings is 1. The normalized spacial score (nSPS) is 11.3. The quantitative estimate of drug-likeness (QED) is 0.763. The summed E-state index contributed by atoms with van der Waals surface area (Å²) in [6.07, 6.45) is 2.25. The number of aryl methyl sites for hydroxylation is 1. The van der Waals surface area contributed by atoms with Crippen LogP contribution in [-0.2, 0) is 10.1 Å². The molecule has 1 aromatic heterocycles. The first-order valence-corrected chi connectivity index (χ1v) is 5.89. The Bertz CT molecular complexity index is 557. The zero-order valence-corrected chi connectivity index (χ0v) is 9.27. The maximum atomic E-state index is 11.7. The summed E-state index contributed by atoms with van der Waals surface area (Å²) in [6, 6.07) is 6.30. The molecule has 2 aromatic rings. The highest BCUT2D eigenvalue weighted by Gasteiger charge is 2.18. The molecular formula is C10H9NO4S. The number of nitrogens with zero attached hydrogens (tertiary/aromatic N) is 1. The minimum Gasteiger partial charge on any atom is -0.417 e. The maximum absolute atomic E-state index is 11.7. The van der Waals surface area contributed by atoms with E-state index >= 15 is 0 Å². The molecule has 5 nitrogen and oxygen atoms in total. The summed E-state index contributed by atoms with van der Waals surface area (Å²) in [4.78, 5) is 3.64. The molecule has 0 N–H and O–H groups in total. The van der Waals surface area contributed by atoms with Gasteiger partial charge in [0.2, 0.25) is 0 Å². The zero-order valence-electron chi connectivity index (χ0n) is 8.45. The molecule has 0 aliphatic carbocycles. The van der Waals surface area contributed by atoms with Gasteiger partial charge in [-0.25, -0.2) is 0 Å². The number of hydrogen-bond acceptors (Lipinski definition) is 5. The van der Waals surface area contributed by atoms with Gasteiger partial charge >= 0.3 is 16.2 Å². The Kier molecular flexibility index (Phi) is 2.66. The fourth-order valence-corrected chi connectivity index (χ4v) is 1.93. The van der Waals surface area contributed by atoms with Gasteiger partial charge in [-0.3, -0.25) is 0 Å². The maximum Gasteiger partial charge on any atom is 0.409 e. The molecule has 0 radical (unpaired) electrons. The third kappa shape index (κ3) is 2.22. The molecule has 0 aliphatic rings. The highest BCUT2D eigenvalue weighted by atomic mass is 32.2. The van der Waals surface area contributed by atoms with E-state index in [2.05, 4.69) is 9.17 Å². The molecule has 0 aliphatic heterocycles. The van der Waals surface area contributed by atoms with Gasteiger partial charge in [0.1, 0.15) is 11.2 Å². The molecule has 16 heavy (non-hydrogen) atoms. The van der Waals surface area contributed by atoms with Crippen LogP contribution in [-0.4, -0.2) is 13.4 Å². The predicted molar refractivity (Wildman–Crippen MR) is 55.5 cm³/mol. The van der Waals surface area contributed by atoms with Crippen molar-refractivity contribution in [1.29, 1.82) is 0 Å². The second-order valence-corrected chi connectivity index (χ2v) is 4.69. The summed E-state index contributed by atoms with van der Waals surface area (Å²) in [5.41, 5.74) is 0.968. The first-order chi connectivity index (χ1) is 7.58. The van der Waals surface area contributed by atoms with E-state index in [4.69, 9.17) is 4.42 Å². The Morgan fingerprint density at radius 2 is 1.94 bits per heavy atom. The molecular weight excluding hydrogens is 230 g/mol. The molecule has 0 atom stereocenters. The van der Waals surface area contributed by atoms with Crippen LogP contribution in [0.3, 0.4) is 0 Å². The highest BCUT2D eigenvalue weighted by molar-refractivity contribution is 7.87. The van der Waals surface area contributed by atoms with Crippen LogP contribution in [0.25, 0.3) is 0 Å². The van der Waals surface area contributed by atoms with Gasteiger partial charge in [0.25, 0.3) is 0 Å². The third-order valence-corrected chi connectivity index (χ3v) is 3.11. The lowest BCUT2D eigenvalue weighted by Crippen LogP contribution is -2.09. The van der Waals surface area contributed by atoms with Crippen molar-refractivity contribution in [3.63, 3.8) is 0 Å². The van der Waals surface area contributed by atoms with Gasteiger partial charge in [-0.05, 0) is 19.1 Å². The average Bonchev–Trinajstić information content (AvgIpc) is 2.70. The van der Waals surface area contributed by atoms with E-state index < -0.39 is 10.1 Å². The molecule has 6 heteroatoms. The van der Waals surface area contributed by atoms with Gasteiger partial charge in [0.05, 0.1) is 6.20 Å². The van der Waals surface area contributed by atoms with E-state index in [1.54, 1.807) is 12.1 Å². The lowest BCUT2D eigenvalue weighted by Gasteiger charge is -2.02. The van der Waals surface area contributed by atoms with Crippen molar-refractivity contribution in [2.45, 2.75) is 11.8 Å². The lowest BCUT2D eigenvalue weighted by atomic mass is 10.2. The molecule has 0 bridgehead atoms. The fraction of sp³-hybridized carbons (Fsp3) is 0.100. The Hall–Kier alpha value is -1.82. The molecule has 2 rings (SSSR count). The van der Waals surface area contributed by atoms with Crippen LogP contribution in [0.15, 0.2) is 46.0 Å². The second-order valence-electron chi connectivity index (χ2n) is 3.15. The van der Waals surface area contributed by atoms with Crippen LogP contribution < -0.4 is 4.18 Å². The molecule has 1 heterocycles. The van der Waals surface area contributed by atoms with Crippen LogP contribution in [0.1, 0.15) is 5.56 Å². The van der Waals surface area contributed by atoms with Crippen LogP contribution in [0.4, 0.5) is 0 Å². The molecule has 0 unspecified atom stereocenters. The number of hydrogen-bond donors (Lipinski definition) is 0. The van der Waals surface area contributed by atoms with Gasteiger partial charge in [-0.15, -0.1) is 0 Å². The summed E-state index contributed by atoms with van der Waals surface area (Å²) < 4.78 is 32.7. The monoisotopic (exact) mass is 239 g/mol. The van der Waals surface area contributed by atoms with Gasteiger partial charge < -0.3 is 8.60 Å². The zero-order chi connectivity index (χ0) is 11.6. The first kappa shape index (κ1) is 10.7. The summed E-state index contributed by atoms with van der Waals surface area (Å²) in [6.45, 7) is 1.87. The summed E-state index contributed by atoms with van der Waals surface area (Å²) in [5.74, 6) is 0. The Balaban J connectivity index is 2.29. The van der Waals surface area contributed by atoms with Crippen molar-refractivity contribution in [3.05, 3.63) is 42.3 Å².